The third-order valence-corrected chi connectivity index (χ3v) is 6.08. The summed E-state index contributed by atoms with van der Waals surface area (Å²) < 4.78 is 24.5. The predicted molar refractivity (Wildman–Crippen MR) is 117 cm³/mol. The van der Waals surface area contributed by atoms with E-state index in [0.29, 0.717) is 19.6 Å². The fraction of sp³-hybridized carbons (Fsp3) is 0.733. The second-order valence-corrected chi connectivity index (χ2v) is 8.54. The highest BCUT2D eigenvalue weighted by atomic mass is 127. The van der Waals surface area contributed by atoms with Crippen molar-refractivity contribution in [3.63, 3.8) is 0 Å². The van der Waals surface area contributed by atoms with Gasteiger partial charge in [0.05, 0.1) is 11.3 Å². The summed E-state index contributed by atoms with van der Waals surface area (Å²) in [4.78, 5) is 9.87. The number of guanidine groups is 1. The SMILES string of the molecule is CCc1cnc(CCNC(=NC)NCCCN(CC)S(C)(=O)=O)s1.I. The Labute approximate surface area is 172 Å². The molecule has 146 valence electrons. The summed E-state index contributed by atoms with van der Waals surface area (Å²) in [6.07, 6.45) is 5.80. The number of thiazole rings is 1. The molecule has 1 aromatic rings. The van der Waals surface area contributed by atoms with Gasteiger partial charge in [-0.15, -0.1) is 35.3 Å². The van der Waals surface area contributed by atoms with E-state index in [1.807, 2.05) is 13.1 Å². The van der Waals surface area contributed by atoms with E-state index in [-0.39, 0.29) is 24.0 Å². The lowest BCUT2D eigenvalue weighted by molar-refractivity contribution is 0.424. The first-order valence-corrected chi connectivity index (χ1v) is 10.9. The Morgan fingerprint density at radius 1 is 1.32 bits per heavy atom. The molecule has 0 aliphatic carbocycles. The van der Waals surface area contributed by atoms with Gasteiger partial charge in [-0.1, -0.05) is 13.8 Å². The molecule has 1 rings (SSSR count). The Balaban J connectivity index is 0.00000576. The van der Waals surface area contributed by atoms with Crippen molar-refractivity contribution in [3.05, 3.63) is 16.1 Å². The van der Waals surface area contributed by atoms with E-state index in [9.17, 15) is 8.42 Å². The summed E-state index contributed by atoms with van der Waals surface area (Å²) in [6, 6.07) is 0. The lowest BCUT2D eigenvalue weighted by Gasteiger charge is -2.18. The molecule has 1 heterocycles. The number of halogens is 1. The van der Waals surface area contributed by atoms with Crippen LogP contribution in [-0.2, 0) is 22.9 Å². The van der Waals surface area contributed by atoms with Crippen molar-refractivity contribution < 1.29 is 8.42 Å². The second-order valence-electron chi connectivity index (χ2n) is 5.36. The van der Waals surface area contributed by atoms with Crippen molar-refractivity contribution in [1.29, 1.82) is 0 Å². The topological polar surface area (TPSA) is 86.7 Å². The molecule has 0 atom stereocenters. The van der Waals surface area contributed by atoms with Crippen LogP contribution in [0.1, 0.15) is 30.2 Å². The summed E-state index contributed by atoms with van der Waals surface area (Å²) in [7, 11) is -1.39. The number of nitrogens with zero attached hydrogens (tertiary/aromatic N) is 3. The molecule has 0 bridgehead atoms. The summed E-state index contributed by atoms with van der Waals surface area (Å²) in [6.45, 7) is 6.42. The molecule has 0 unspecified atom stereocenters. The maximum absolute atomic E-state index is 11.5. The molecule has 0 aliphatic rings. The van der Waals surface area contributed by atoms with Gasteiger partial charge in [0.25, 0.3) is 0 Å². The number of hydrogen-bond donors (Lipinski definition) is 2. The molecule has 1 aromatic heterocycles. The van der Waals surface area contributed by atoms with Crippen LogP contribution in [0.15, 0.2) is 11.2 Å². The molecular weight excluding hydrogens is 473 g/mol. The molecular formula is C15H30IN5O2S2. The van der Waals surface area contributed by atoms with E-state index in [1.54, 1.807) is 18.4 Å². The normalized spacial score (nSPS) is 12.1. The second kappa shape index (κ2) is 12.8. The summed E-state index contributed by atoms with van der Waals surface area (Å²) >= 11 is 1.75. The van der Waals surface area contributed by atoms with Crippen LogP contribution in [0.4, 0.5) is 0 Å². The number of aromatic nitrogens is 1. The van der Waals surface area contributed by atoms with Gasteiger partial charge in [0.15, 0.2) is 5.96 Å². The smallest absolute Gasteiger partial charge is 0.211 e. The Bertz CT molecular complexity index is 619. The van der Waals surface area contributed by atoms with Gasteiger partial charge in [0, 0.05) is 50.7 Å². The van der Waals surface area contributed by atoms with Crippen LogP contribution in [0.3, 0.4) is 0 Å². The van der Waals surface area contributed by atoms with Crippen molar-refractivity contribution in [2.75, 3.05) is 39.5 Å². The van der Waals surface area contributed by atoms with Gasteiger partial charge in [0.2, 0.25) is 10.0 Å². The van der Waals surface area contributed by atoms with Crippen molar-refractivity contribution in [3.8, 4) is 0 Å². The van der Waals surface area contributed by atoms with Gasteiger partial charge >= 0.3 is 0 Å². The standard InChI is InChI=1S/C15H29N5O2S2.HI/c1-5-13-12-19-14(23-13)8-10-18-15(16-3)17-9-7-11-20(6-2)24(4,21)22;/h12H,5-11H2,1-4H3,(H2,16,17,18);1H. The molecule has 2 N–H and O–H groups in total. The first-order valence-electron chi connectivity index (χ1n) is 8.23. The number of aliphatic imine (C=N–C) groups is 1. The maximum Gasteiger partial charge on any atom is 0.211 e. The van der Waals surface area contributed by atoms with Gasteiger partial charge in [0.1, 0.15) is 0 Å². The first-order chi connectivity index (χ1) is 11.4. The van der Waals surface area contributed by atoms with E-state index < -0.39 is 10.0 Å². The van der Waals surface area contributed by atoms with Crippen molar-refractivity contribution in [1.82, 2.24) is 19.9 Å². The van der Waals surface area contributed by atoms with Crippen LogP contribution in [-0.4, -0.2) is 63.1 Å². The summed E-state index contributed by atoms with van der Waals surface area (Å²) in [5.41, 5.74) is 0. The zero-order valence-electron chi connectivity index (χ0n) is 15.4. The minimum absolute atomic E-state index is 0. The molecule has 7 nitrogen and oxygen atoms in total. The highest BCUT2D eigenvalue weighted by Crippen LogP contribution is 2.13. The average Bonchev–Trinajstić information content (AvgIpc) is 2.99. The lowest BCUT2D eigenvalue weighted by atomic mass is 10.4. The number of aryl methyl sites for hydroxylation is 1. The minimum Gasteiger partial charge on any atom is -0.356 e. The summed E-state index contributed by atoms with van der Waals surface area (Å²) in [5.74, 6) is 0.727. The molecule has 0 saturated carbocycles. The lowest BCUT2D eigenvalue weighted by Crippen LogP contribution is -2.40. The highest BCUT2D eigenvalue weighted by molar-refractivity contribution is 14.0. The van der Waals surface area contributed by atoms with Crippen LogP contribution in [0, 0.1) is 0 Å². The van der Waals surface area contributed by atoms with Crippen LogP contribution in [0.25, 0.3) is 0 Å². The van der Waals surface area contributed by atoms with E-state index in [2.05, 4.69) is 27.5 Å². The molecule has 0 saturated heterocycles. The zero-order valence-corrected chi connectivity index (χ0v) is 19.4. The predicted octanol–water partition coefficient (Wildman–Crippen LogP) is 1.70. The van der Waals surface area contributed by atoms with E-state index in [4.69, 9.17) is 0 Å². The number of hydrogen-bond acceptors (Lipinski definition) is 5. The highest BCUT2D eigenvalue weighted by Gasteiger charge is 2.13. The van der Waals surface area contributed by atoms with Crippen LogP contribution in [0.2, 0.25) is 0 Å². The summed E-state index contributed by atoms with van der Waals surface area (Å²) in [5, 5.41) is 7.58. The molecule has 0 radical (unpaired) electrons. The number of nitrogens with one attached hydrogen (secondary N) is 2. The molecule has 0 aliphatic heterocycles. The molecule has 10 heteroatoms. The number of rotatable bonds is 10. The Morgan fingerprint density at radius 2 is 2.00 bits per heavy atom. The van der Waals surface area contributed by atoms with E-state index >= 15 is 0 Å². The van der Waals surface area contributed by atoms with Crippen molar-refractivity contribution in [2.45, 2.75) is 33.1 Å². The molecule has 0 aromatic carbocycles. The molecule has 0 fully saturated rings. The monoisotopic (exact) mass is 503 g/mol. The zero-order chi connectivity index (χ0) is 18.0. The third kappa shape index (κ3) is 9.71. The quantitative estimate of drug-likeness (QED) is 0.220. The molecule has 0 amide bonds. The number of sulfonamides is 1. The van der Waals surface area contributed by atoms with E-state index in [0.717, 1.165) is 36.8 Å². The van der Waals surface area contributed by atoms with Gasteiger partial charge in [-0.25, -0.2) is 17.7 Å². The Kier molecular flexibility index (Phi) is 12.6. The largest absolute Gasteiger partial charge is 0.356 e. The first kappa shape index (κ1) is 24.5. The van der Waals surface area contributed by atoms with Gasteiger partial charge in [-0.2, -0.15) is 0 Å². The average molecular weight is 503 g/mol. The van der Waals surface area contributed by atoms with Gasteiger partial charge in [-0.3, -0.25) is 4.99 Å². The van der Waals surface area contributed by atoms with Crippen molar-refractivity contribution in [2.24, 2.45) is 4.99 Å². The Hall–Kier alpha value is -0.460. The van der Waals surface area contributed by atoms with E-state index in [1.165, 1.54) is 15.4 Å². The van der Waals surface area contributed by atoms with Crippen molar-refractivity contribution >= 4 is 51.3 Å². The fourth-order valence-electron chi connectivity index (χ4n) is 2.16. The Morgan fingerprint density at radius 3 is 2.52 bits per heavy atom. The van der Waals surface area contributed by atoms with Gasteiger partial charge < -0.3 is 10.6 Å². The van der Waals surface area contributed by atoms with Crippen LogP contribution in [0.5, 0.6) is 0 Å². The minimum atomic E-state index is -3.11. The maximum atomic E-state index is 11.5. The fourth-order valence-corrected chi connectivity index (χ4v) is 3.95. The molecule has 0 spiro atoms. The third-order valence-electron chi connectivity index (χ3n) is 3.50. The van der Waals surface area contributed by atoms with Crippen LogP contribution >= 0.6 is 35.3 Å². The van der Waals surface area contributed by atoms with Crippen LogP contribution < -0.4 is 10.6 Å². The molecule has 25 heavy (non-hydrogen) atoms. The van der Waals surface area contributed by atoms with Gasteiger partial charge in [-0.05, 0) is 12.8 Å².